The maximum atomic E-state index is 12.7. The molecule has 0 amide bonds. The summed E-state index contributed by atoms with van der Waals surface area (Å²) in [7, 11) is -5.27. The number of aliphatic hydroxyl groups is 1. The van der Waals surface area contributed by atoms with Crippen LogP contribution >= 0.6 is 7.82 Å². The predicted molar refractivity (Wildman–Crippen MR) is 100 cm³/mol. The van der Waals surface area contributed by atoms with Gasteiger partial charge in [0.15, 0.2) is 11.6 Å². The van der Waals surface area contributed by atoms with Gasteiger partial charge in [0.05, 0.1) is 7.82 Å². The Morgan fingerprint density at radius 2 is 1.77 bits per heavy atom. The Morgan fingerprint density at radius 3 is 2.42 bits per heavy atom. The van der Waals surface area contributed by atoms with Crippen molar-refractivity contribution in [3.8, 4) is 0 Å². The van der Waals surface area contributed by atoms with Crippen molar-refractivity contribution in [2.45, 2.75) is 70.8 Å². The summed E-state index contributed by atoms with van der Waals surface area (Å²) in [5.74, 6) is 0.436. The van der Waals surface area contributed by atoms with Crippen LogP contribution in [-0.4, -0.2) is 28.9 Å². The van der Waals surface area contributed by atoms with Gasteiger partial charge in [-0.25, -0.2) is 0 Å². The van der Waals surface area contributed by atoms with Crippen molar-refractivity contribution in [3.05, 3.63) is 11.6 Å². The van der Waals surface area contributed by atoms with Crippen molar-refractivity contribution < 1.29 is 92.7 Å². The second-order valence-electron chi connectivity index (χ2n) is 9.97. The molecule has 0 saturated heterocycles. The van der Waals surface area contributed by atoms with Gasteiger partial charge in [-0.2, -0.15) is 0 Å². The van der Waals surface area contributed by atoms with Crippen LogP contribution < -0.4 is 68.9 Å². The van der Waals surface area contributed by atoms with E-state index in [1.54, 1.807) is 0 Å². The third kappa shape index (κ3) is 4.69. The standard InChI is InChI=1S/C21H31O7P.2Na/c1-19-8-5-14(22)11-13(19)3-4-15-16(19)6-9-20(2)17(15)7-10-21(20,24)18(23)12-28-29(25,26)27;;/h11,15-17,24H,3-10,12H2,1-2H3,(H2,25,26,27);;/q;2*+1/p-2/t15-,16+,17+,19+,20+,21+;;/m1../s1. The quantitative estimate of drug-likeness (QED) is 0.325. The van der Waals surface area contributed by atoms with Gasteiger partial charge in [0.2, 0.25) is 0 Å². The summed E-state index contributed by atoms with van der Waals surface area (Å²) in [5.41, 5.74) is -1.06. The summed E-state index contributed by atoms with van der Waals surface area (Å²) in [5, 5.41) is 11.4. The maximum Gasteiger partial charge on any atom is 1.00 e. The molecule has 0 heterocycles. The third-order valence-electron chi connectivity index (χ3n) is 8.93. The van der Waals surface area contributed by atoms with Crippen LogP contribution in [0, 0.1) is 28.6 Å². The van der Waals surface area contributed by atoms with Crippen LogP contribution in [0.25, 0.3) is 0 Å². The molecule has 0 spiro atoms. The summed E-state index contributed by atoms with van der Waals surface area (Å²) in [6.07, 6.45) is 7.58. The molecule has 7 nitrogen and oxygen atoms in total. The maximum absolute atomic E-state index is 12.7. The van der Waals surface area contributed by atoms with Crippen LogP contribution in [0.2, 0.25) is 0 Å². The Kier molecular flexibility index (Phi) is 8.84. The summed E-state index contributed by atoms with van der Waals surface area (Å²) in [6.45, 7) is 3.31. The first kappa shape index (κ1) is 28.4. The molecule has 4 aliphatic carbocycles. The molecule has 0 bridgehead atoms. The first-order valence-electron chi connectivity index (χ1n) is 10.6. The number of ketones is 2. The van der Waals surface area contributed by atoms with Crippen LogP contribution in [-0.2, 0) is 18.7 Å². The molecule has 3 fully saturated rings. The fourth-order valence-electron chi connectivity index (χ4n) is 7.29. The molecule has 0 aromatic heterocycles. The van der Waals surface area contributed by atoms with Crippen LogP contribution in [0.3, 0.4) is 0 Å². The van der Waals surface area contributed by atoms with Gasteiger partial charge >= 0.3 is 59.1 Å². The molecular weight excluding hydrogens is 441 g/mol. The second kappa shape index (κ2) is 9.66. The molecule has 1 N–H and O–H groups in total. The third-order valence-corrected chi connectivity index (χ3v) is 9.37. The van der Waals surface area contributed by atoms with Gasteiger partial charge in [0, 0.05) is 11.8 Å². The largest absolute Gasteiger partial charge is 1.00 e. The van der Waals surface area contributed by atoms with E-state index in [4.69, 9.17) is 0 Å². The average Bonchev–Trinajstić information content (AvgIpc) is 2.92. The van der Waals surface area contributed by atoms with E-state index < -0.39 is 31.2 Å². The van der Waals surface area contributed by atoms with E-state index in [1.165, 1.54) is 5.57 Å². The minimum Gasteiger partial charge on any atom is -0.790 e. The molecule has 3 saturated carbocycles. The predicted octanol–water partition coefficient (Wildman–Crippen LogP) is -4.33. The van der Waals surface area contributed by atoms with Gasteiger partial charge < -0.3 is 24.0 Å². The second-order valence-corrected chi connectivity index (χ2v) is 11.1. The minimum absolute atomic E-state index is 0. The van der Waals surface area contributed by atoms with E-state index >= 15 is 0 Å². The normalized spacial score (nSPS) is 41.6. The Labute approximate surface area is 228 Å². The van der Waals surface area contributed by atoms with Crippen LogP contribution in [0.15, 0.2) is 11.6 Å². The average molecular weight is 470 g/mol. The fraction of sp³-hybridized carbons (Fsp3) is 0.810. The number of carbonyl (C=O) groups is 2. The number of allylic oxidation sites excluding steroid dienone is 1. The van der Waals surface area contributed by atoms with Gasteiger partial charge in [-0.3, -0.25) is 9.59 Å². The Hall–Kier alpha value is 1.15. The van der Waals surface area contributed by atoms with Crippen molar-refractivity contribution in [3.63, 3.8) is 0 Å². The number of hydrogen-bond donors (Lipinski definition) is 1. The Bertz CT molecular complexity index is 827. The molecular formula is C21H29Na2O7P. The first-order chi connectivity index (χ1) is 13.4. The van der Waals surface area contributed by atoms with Crippen molar-refractivity contribution >= 4 is 19.4 Å². The zero-order valence-electron chi connectivity index (χ0n) is 19.0. The summed E-state index contributed by atoms with van der Waals surface area (Å²) >= 11 is 0. The number of carbonyl (C=O) groups excluding carboxylic acids is 2. The van der Waals surface area contributed by atoms with Gasteiger partial charge in [-0.05, 0) is 74.2 Å². The first-order valence-corrected chi connectivity index (χ1v) is 12.0. The molecule has 31 heavy (non-hydrogen) atoms. The van der Waals surface area contributed by atoms with Crippen molar-refractivity contribution in [1.29, 1.82) is 0 Å². The summed E-state index contributed by atoms with van der Waals surface area (Å²) in [4.78, 5) is 46.2. The van der Waals surface area contributed by atoms with Crippen LogP contribution in [0.1, 0.15) is 65.2 Å². The Morgan fingerprint density at radius 1 is 1.13 bits per heavy atom. The van der Waals surface area contributed by atoms with Gasteiger partial charge in [0.25, 0.3) is 0 Å². The molecule has 10 heteroatoms. The molecule has 0 aromatic carbocycles. The van der Waals surface area contributed by atoms with E-state index in [1.807, 2.05) is 13.0 Å². The topological polar surface area (TPSA) is 127 Å². The minimum atomic E-state index is -5.27. The van der Waals surface area contributed by atoms with Gasteiger partial charge in [-0.15, -0.1) is 0 Å². The van der Waals surface area contributed by atoms with Gasteiger partial charge in [-0.1, -0.05) is 19.4 Å². The SMILES string of the molecule is C[C@]12CCC(=O)C=C1CC[C@@H]1[C@@H]2CC[C@@]2(C)[C@H]1CC[C@]2(O)C(=O)COP(=O)([O-])[O-].[Na+].[Na+]. The Balaban J connectivity index is 0.00000171. The fourth-order valence-corrected chi connectivity index (χ4v) is 7.57. The number of phosphoric ester groups is 1. The van der Waals surface area contributed by atoms with Crippen molar-refractivity contribution in [2.24, 2.45) is 28.6 Å². The number of hydrogen-bond acceptors (Lipinski definition) is 7. The number of phosphoric acid groups is 1. The molecule has 4 rings (SSSR count). The molecule has 0 aliphatic heterocycles. The number of rotatable bonds is 4. The molecule has 0 radical (unpaired) electrons. The molecule has 4 aliphatic rings. The zero-order valence-corrected chi connectivity index (χ0v) is 23.9. The summed E-state index contributed by atoms with van der Waals surface area (Å²) < 4.78 is 15.0. The molecule has 0 unspecified atom stereocenters. The van der Waals surface area contributed by atoms with Gasteiger partial charge in [0.1, 0.15) is 12.2 Å². The van der Waals surface area contributed by atoms with E-state index in [9.17, 15) is 29.0 Å². The van der Waals surface area contributed by atoms with Crippen LogP contribution in [0.5, 0.6) is 0 Å². The van der Waals surface area contributed by atoms with E-state index in [0.717, 1.165) is 25.7 Å². The molecule has 6 atom stereocenters. The van der Waals surface area contributed by atoms with Crippen LogP contribution in [0.4, 0.5) is 0 Å². The molecule has 0 aromatic rings. The monoisotopic (exact) mass is 470 g/mol. The van der Waals surface area contributed by atoms with E-state index in [2.05, 4.69) is 11.4 Å². The molecule has 162 valence electrons. The van der Waals surface area contributed by atoms with Crippen molar-refractivity contribution in [2.75, 3.05) is 6.61 Å². The summed E-state index contributed by atoms with van der Waals surface area (Å²) in [6, 6.07) is 0. The number of fused-ring (bicyclic) bond motifs is 5. The van der Waals surface area contributed by atoms with E-state index in [0.29, 0.717) is 31.1 Å². The zero-order chi connectivity index (χ0) is 21.2. The smallest absolute Gasteiger partial charge is 0.790 e. The van der Waals surface area contributed by atoms with E-state index in [-0.39, 0.29) is 82.7 Å². The number of Topliss-reactive ketones (excluding diaryl/α,β-unsaturated/α-hetero) is 1. The van der Waals surface area contributed by atoms with Crippen molar-refractivity contribution in [1.82, 2.24) is 0 Å².